The molecule has 3 atom stereocenters. The maximum absolute atomic E-state index is 12.6. The second-order valence-corrected chi connectivity index (χ2v) is 2.61. The summed E-state index contributed by atoms with van der Waals surface area (Å²) in [4.78, 5) is 0. The van der Waals surface area contributed by atoms with E-state index in [0.29, 0.717) is 0 Å². The highest BCUT2D eigenvalue weighted by Gasteiger charge is 2.27. The van der Waals surface area contributed by atoms with E-state index < -0.39 is 12.3 Å². The quantitative estimate of drug-likeness (QED) is 0.450. The summed E-state index contributed by atoms with van der Waals surface area (Å²) in [5, 5.41) is 20.3. The molecule has 0 spiro atoms. The van der Waals surface area contributed by atoms with Crippen LogP contribution in [-0.4, -0.2) is 41.7 Å². The lowest BCUT2D eigenvalue weighted by atomic mass is 10.0. The molecule has 60 valence electrons. The van der Waals surface area contributed by atoms with E-state index in [2.05, 4.69) is 5.32 Å². The van der Waals surface area contributed by atoms with Crippen LogP contribution in [-0.2, 0) is 0 Å². The van der Waals surface area contributed by atoms with E-state index >= 15 is 0 Å². The van der Waals surface area contributed by atoms with Gasteiger partial charge in [-0.2, -0.15) is 0 Å². The summed E-state index contributed by atoms with van der Waals surface area (Å²) in [7, 11) is 0. The van der Waals surface area contributed by atoms with E-state index in [1.807, 2.05) is 0 Å². The molecule has 1 rings (SSSR count). The Morgan fingerprint density at radius 2 is 2.30 bits per heavy atom. The van der Waals surface area contributed by atoms with Gasteiger partial charge in [-0.1, -0.05) is 0 Å². The Bertz CT molecular complexity index is 112. The highest BCUT2D eigenvalue weighted by atomic mass is 19.1. The van der Waals surface area contributed by atoms with Crippen LogP contribution in [0.4, 0.5) is 4.39 Å². The van der Waals surface area contributed by atoms with E-state index in [-0.39, 0.29) is 25.6 Å². The summed E-state index contributed by atoms with van der Waals surface area (Å²) in [5.74, 6) is 0. The Hall–Kier alpha value is -0.190. The van der Waals surface area contributed by atoms with E-state index in [1.54, 1.807) is 0 Å². The van der Waals surface area contributed by atoms with E-state index in [1.165, 1.54) is 0 Å². The average molecular weight is 149 g/mol. The number of β-amino-alcohol motifs (C(OH)–C–C–N with tert-alkyl or cyclic N) is 1. The van der Waals surface area contributed by atoms with Crippen molar-refractivity contribution in [1.29, 1.82) is 0 Å². The van der Waals surface area contributed by atoms with Crippen LogP contribution in [0.3, 0.4) is 0 Å². The van der Waals surface area contributed by atoms with Gasteiger partial charge in [-0.15, -0.1) is 0 Å². The van der Waals surface area contributed by atoms with Crippen molar-refractivity contribution in [3.05, 3.63) is 0 Å². The second kappa shape index (κ2) is 3.27. The fourth-order valence-electron chi connectivity index (χ4n) is 1.07. The summed E-state index contributed by atoms with van der Waals surface area (Å²) in [6, 6.07) is -0.182. The molecule has 1 fully saturated rings. The minimum atomic E-state index is -1.18. The van der Waals surface area contributed by atoms with Crippen molar-refractivity contribution in [2.45, 2.75) is 24.7 Å². The second-order valence-electron chi connectivity index (χ2n) is 2.61. The molecule has 3 N–H and O–H groups in total. The molecule has 3 nitrogen and oxygen atoms in total. The number of alkyl halides is 1. The number of halogens is 1. The Balaban J connectivity index is 2.33. The maximum atomic E-state index is 12.6. The van der Waals surface area contributed by atoms with Gasteiger partial charge in [0.2, 0.25) is 0 Å². The number of hydrogen-bond acceptors (Lipinski definition) is 3. The van der Waals surface area contributed by atoms with Crippen molar-refractivity contribution >= 4 is 0 Å². The summed E-state index contributed by atoms with van der Waals surface area (Å²) >= 11 is 0. The molecule has 1 aliphatic rings. The van der Waals surface area contributed by atoms with E-state index in [9.17, 15) is 4.39 Å². The average Bonchev–Trinajstić information content (AvgIpc) is 1.95. The molecule has 0 bridgehead atoms. The molecular formula is C6H12FNO2. The minimum Gasteiger partial charge on any atom is -0.395 e. The molecule has 0 aromatic rings. The van der Waals surface area contributed by atoms with Gasteiger partial charge < -0.3 is 15.5 Å². The van der Waals surface area contributed by atoms with Crippen LogP contribution in [0.1, 0.15) is 6.42 Å². The molecule has 0 unspecified atom stereocenters. The third kappa shape index (κ3) is 1.65. The normalized spacial score (nSPS) is 41.7. The fraction of sp³-hybridized carbons (Fsp3) is 1.00. The maximum Gasteiger partial charge on any atom is 0.129 e. The topological polar surface area (TPSA) is 52.5 Å². The molecule has 10 heavy (non-hydrogen) atoms. The Kier molecular flexibility index (Phi) is 2.59. The third-order valence-corrected chi connectivity index (χ3v) is 1.76. The van der Waals surface area contributed by atoms with Gasteiger partial charge >= 0.3 is 0 Å². The fourth-order valence-corrected chi connectivity index (χ4v) is 1.07. The summed E-state index contributed by atoms with van der Waals surface area (Å²) in [6.45, 7) is 0.180. The largest absolute Gasteiger partial charge is 0.395 e. The standard InChI is InChI=1S/C6H12FNO2/c7-5-1-4(3-9)8-2-6(5)10/h4-6,8-10H,1-3H2/t4-,5+,6+/m0/s1. The van der Waals surface area contributed by atoms with Gasteiger partial charge in [0.15, 0.2) is 0 Å². The summed E-state index contributed by atoms with van der Waals surface area (Å²) < 4.78 is 12.6. The van der Waals surface area contributed by atoms with Crippen molar-refractivity contribution < 1.29 is 14.6 Å². The van der Waals surface area contributed by atoms with Crippen molar-refractivity contribution in [3.63, 3.8) is 0 Å². The van der Waals surface area contributed by atoms with Crippen LogP contribution in [0.25, 0.3) is 0 Å². The molecule has 1 heterocycles. The lowest BCUT2D eigenvalue weighted by Crippen LogP contribution is -2.49. The predicted octanol–water partition coefficient (Wildman–Crippen LogP) is -0.960. The smallest absolute Gasteiger partial charge is 0.129 e. The molecule has 0 aromatic carbocycles. The van der Waals surface area contributed by atoms with Gasteiger partial charge in [-0.3, -0.25) is 0 Å². The van der Waals surface area contributed by atoms with Gasteiger partial charge in [0.25, 0.3) is 0 Å². The van der Waals surface area contributed by atoms with Crippen LogP contribution in [0.2, 0.25) is 0 Å². The van der Waals surface area contributed by atoms with Crippen LogP contribution >= 0.6 is 0 Å². The SMILES string of the molecule is OC[C@@H]1C[C@@H](F)[C@H](O)CN1. The molecule has 0 amide bonds. The zero-order chi connectivity index (χ0) is 7.56. The first kappa shape index (κ1) is 7.91. The molecule has 4 heteroatoms. The van der Waals surface area contributed by atoms with Crippen LogP contribution in [0.5, 0.6) is 0 Å². The Labute approximate surface area is 58.9 Å². The minimum absolute atomic E-state index is 0.0624. The van der Waals surface area contributed by atoms with Crippen LogP contribution in [0.15, 0.2) is 0 Å². The third-order valence-electron chi connectivity index (χ3n) is 1.76. The highest BCUT2D eigenvalue weighted by Crippen LogP contribution is 2.11. The van der Waals surface area contributed by atoms with Gasteiger partial charge in [0, 0.05) is 12.6 Å². The first-order chi connectivity index (χ1) is 4.74. The lowest BCUT2D eigenvalue weighted by Gasteiger charge is -2.28. The predicted molar refractivity (Wildman–Crippen MR) is 34.4 cm³/mol. The monoisotopic (exact) mass is 149 g/mol. The summed E-state index contributed by atoms with van der Waals surface area (Å²) in [6.07, 6.45) is -1.88. The van der Waals surface area contributed by atoms with Crippen molar-refractivity contribution in [1.82, 2.24) is 5.32 Å². The molecule has 1 aliphatic heterocycles. The number of aliphatic hydroxyl groups is 2. The Morgan fingerprint density at radius 3 is 2.80 bits per heavy atom. The molecule has 0 aromatic heterocycles. The van der Waals surface area contributed by atoms with E-state index in [0.717, 1.165) is 0 Å². The number of nitrogens with one attached hydrogen (secondary N) is 1. The van der Waals surface area contributed by atoms with Crippen molar-refractivity contribution in [2.75, 3.05) is 13.2 Å². The Morgan fingerprint density at radius 1 is 1.60 bits per heavy atom. The van der Waals surface area contributed by atoms with Gasteiger partial charge in [0.05, 0.1) is 12.7 Å². The zero-order valence-corrected chi connectivity index (χ0v) is 5.63. The molecule has 1 saturated heterocycles. The zero-order valence-electron chi connectivity index (χ0n) is 5.63. The molecule has 0 saturated carbocycles. The number of aliphatic hydroxyl groups excluding tert-OH is 2. The van der Waals surface area contributed by atoms with Crippen molar-refractivity contribution in [2.24, 2.45) is 0 Å². The van der Waals surface area contributed by atoms with Crippen LogP contribution < -0.4 is 5.32 Å². The highest BCUT2D eigenvalue weighted by molar-refractivity contribution is 4.83. The number of piperidine rings is 1. The molecule has 0 aliphatic carbocycles. The van der Waals surface area contributed by atoms with Crippen molar-refractivity contribution in [3.8, 4) is 0 Å². The van der Waals surface area contributed by atoms with Gasteiger partial charge in [-0.05, 0) is 6.42 Å². The summed E-state index contributed by atoms with van der Waals surface area (Å²) in [5.41, 5.74) is 0. The van der Waals surface area contributed by atoms with Crippen LogP contribution in [0, 0.1) is 0 Å². The van der Waals surface area contributed by atoms with Gasteiger partial charge in [-0.25, -0.2) is 4.39 Å². The number of rotatable bonds is 1. The first-order valence-electron chi connectivity index (χ1n) is 3.40. The number of hydrogen-bond donors (Lipinski definition) is 3. The van der Waals surface area contributed by atoms with E-state index in [4.69, 9.17) is 10.2 Å². The molecular weight excluding hydrogens is 137 g/mol. The first-order valence-corrected chi connectivity index (χ1v) is 3.40. The molecule has 0 radical (unpaired) electrons. The lowest BCUT2D eigenvalue weighted by molar-refractivity contribution is 0.0303. The van der Waals surface area contributed by atoms with Gasteiger partial charge in [0.1, 0.15) is 6.17 Å².